The molecule has 0 radical (unpaired) electrons. The van der Waals surface area contributed by atoms with Gasteiger partial charge < -0.3 is 9.84 Å². The summed E-state index contributed by atoms with van der Waals surface area (Å²) in [5, 5.41) is 6.88. The standard InChI is InChI=1S/C11H12Cl2N4O3S/c1-14-4-7-8(12)2-3-9(11(7)13)21(18,19)16-5-10-15-6-20-17-10/h2-3,6,14,16H,4-5H2,1H3. The van der Waals surface area contributed by atoms with Crippen LogP contribution >= 0.6 is 23.2 Å². The first-order chi connectivity index (χ1) is 9.95. The molecule has 0 aliphatic carbocycles. The molecule has 1 aromatic carbocycles. The molecule has 0 aliphatic rings. The number of hydrogen-bond donors (Lipinski definition) is 2. The van der Waals surface area contributed by atoms with Gasteiger partial charge in [-0.15, -0.1) is 0 Å². The number of rotatable bonds is 6. The van der Waals surface area contributed by atoms with E-state index in [9.17, 15) is 8.42 Å². The predicted molar refractivity (Wildman–Crippen MR) is 77.5 cm³/mol. The summed E-state index contributed by atoms with van der Waals surface area (Å²) in [7, 11) is -2.10. The number of hydrogen-bond acceptors (Lipinski definition) is 6. The number of nitrogens with zero attached hydrogens (tertiary/aromatic N) is 2. The summed E-state index contributed by atoms with van der Waals surface area (Å²) >= 11 is 12.2. The first-order valence-electron chi connectivity index (χ1n) is 5.82. The fourth-order valence-corrected chi connectivity index (χ4v) is 3.52. The molecule has 1 aromatic heterocycles. The van der Waals surface area contributed by atoms with Crippen LogP contribution in [0.1, 0.15) is 11.4 Å². The first-order valence-corrected chi connectivity index (χ1v) is 8.06. The molecule has 0 spiro atoms. The molecule has 0 atom stereocenters. The van der Waals surface area contributed by atoms with E-state index in [1.165, 1.54) is 12.1 Å². The largest absolute Gasteiger partial charge is 0.343 e. The highest BCUT2D eigenvalue weighted by Gasteiger charge is 2.21. The fraction of sp³-hybridized carbons (Fsp3) is 0.273. The van der Waals surface area contributed by atoms with Gasteiger partial charge in [-0.25, -0.2) is 13.1 Å². The summed E-state index contributed by atoms with van der Waals surface area (Å²) in [4.78, 5) is 3.67. The molecule has 114 valence electrons. The molecule has 0 bridgehead atoms. The Bertz CT molecular complexity index is 719. The van der Waals surface area contributed by atoms with Crippen molar-refractivity contribution >= 4 is 33.2 Å². The van der Waals surface area contributed by atoms with Gasteiger partial charge in [-0.3, -0.25) is 0 Å². The minimum Gasteiger partial charge on any atom is -0.343 e. The third kappa shape index (κ3) is 3.72. The summed E-state index contributed by atoms with van der Waals surface area (Å²) in [5.74, 6) is 0.221. The van der Waals surface area contributed by atoms with Gasteiger partial charge in [-0.2, -0.15) is 4.98 Å². The van der Waals surface area contributed by atoms with Crippen LogP contribution in [-0.4, -0.2) is 25.6 Å². The highest BCUT2D eigenvalue weighted by Crippen LogP contribution is 2.30. The molecular formula is C11H12Cl2N4O3S. The van der Waals surface area contributed by atoms with E-state index in [0.29, 0.717) is 17.1 Å². The van der Waals surface area contributed by atoms with Gasteiger partial charge in [0.1, 0.15) is 4.90 Å². The summed E-state index contributed by atoms with van der Waals surface area (Å²) in [6.07, 6.45) is 1.12. The Kier molecular flexibility index (Phi) is 5.17. The molecule has 0 aliphatic heterocycles. The van der Waals surface area contributed by atoms with E-state index in [1.807, 2.05) is 0 Å². The molecule has 0 fully saturated rings. The molecule has 0 unspecified atom stereocenters. The number of aromatic nitrogens is 2. The molecule has 1 heterocycles. The Balaban J connectivity index is 2.29. The molecule has 10 heteroatoms. The molecule has 2 aromatic rings. The van der Waals surface area contributed by atoms with E-state index in [0.717, 1.165) is 6.39 Å². The van der Waals surface area contributed by atoms with Crippen molar-refractivity contribution in [2.45, 2.75) is 18.0 Å². The molecule has 21 heavy (non-hydrogen) atoms. The van der Waals surface area contributed by atoms with E-state index in [-0.39, 0.29) is 22.3 Å². The Morgan fingerprint density at radius 1 is 1.29 bits per heavy atom. The Morgan fingerprint density at radius 3 is 2.67 bits per heavy atom. The van der Waals surface area contributed by atoms with Gasteiger partial charge >= 0.3 is 0 Å². The van der Waals surface area contributed by atoms with Gasteiger partial charge in [0.2, 0.25) is 16.4 Å². The molecule has 0 saturated heterocycles. The number of halogens is 2. The zero-order valence-corrected chi connectivity index (χ0v) is 13.3. The van der Waals surface area contributed by atoms with Gasteiger partial charge in [0, 0.05) is 17.1 Å². The maximum atomic E-state index is 12.3. The van der Waals surface area contributed by atoms with E-state index in [1.54, 1.807) is 7.05 Å². The molecule has 2 rings (SSSR count). The minimum atomic E-state index is -3.81. The fourth-order valence-electron chi connectivity index (χ4n) is 1.63. The highest BCUT2D eigenvalue weighted by molar-refractivity contribution is 7.89. The van der Waals surface area contributed by atoms with Crippen molar-refractivity contribution in [3.63, 3.8) is 0 Å². The van der Waals surface area contributed by atoms with E-state index in [2.05, 4.69) is 24.7 Å². The molecule has 2 N–H and O–H groups in total. The monoisotopic (exact) mass is 350 g/mol. The van der Waals surface area contributed by atoms with Crippen molar-refractivity contribution < 1.29 is 12.9 Å². The quantitative estimate of drug-likeness (QED) is 0.820. The normalized spacial score (nSPS) is 11.8. The second kappa shape index (κ2) is 6.71. The van der Waals surface area contributed by atoms with Crippen molar-refractivity contribution in [2.75, 3.05) is 7.05 Å². The SMILES string of the molecule is CNCc1c(Cl)ccc(S(=O)(=O)NCc2ncon2)c1Cl. The zero-order chi connectivity index (χ0) is 15.5. The summed E-state index contributed by atoms with van der Waals surface area (Å²) in [6.45, 7) is 0.255. The van der Waals surface area contributed by atoms with Crippen LogP contribution in [0.15, 0.2) is 27.9 Å². The number of nitrogens with one attached hydrogen (secondary N) is 2. The lowest BCUT2D eigenvalue weighted by atomic mass is 10.2. The van der Waals surface area contributed by atoms with Crippen LogP contribution in [0.2, 0.25) is 10.0 Å². The van der Waals surface area contributed by atoms with Gasteiger partial charge in [0.25, 0.3) is 0 Å². The van der Waals surface area contributed by atoms with E-state index in [4.69, 9.17) is 23.2 Å². The maximum Gasteiger partial charge on any atom is 0.242 e. The van der Waals surface area contributed by atoms with Crippen molar-refractivity contribution in [1.82, 2.24) is 20.2 Å². The van der Waals surface area contributed by atoms with Gasteiger partial charge in [0.15, 0.2) is 5.82 Å². The summed E-state index contributed by atoms with van der Waals surface area (Å²) in [5.41, 5.74) is 0.517. The van der Waals surface area contributed by atoms with Crippen molar-refractivity contribution in [3.05, 3.63) is 40.0 Å². The van der Waals surface area contributed by atoms with Gasteiger partial charge in [-0.1, -0.05) is 28.4 Å². The van der Waals surface area contributed by atoms with Crippen LogP contribution in [0.5, 0.6) is 0 Å². The maximum absolute atomic E-state index is 12.3. The second-order valence-electron chi connectivity index (χ2n) is 4.04. The predicted octanol–water partition coefficient (Wildman–Crippen LogP) is 1.57. The van der Waals surface area contributed by atoms with Crippen LogP contribution in [-0.2, 0) is 23.1 Å². The Morgan fingerprint density at radius 2 is 2.05 bits per heavy atom. The van der Waals surface area contributed by atoms with E-state index >= 15 is 0 Å². The van der Waals surface area contributed by atoms with E-state index < -0.39 is 10.0 Å². The molecule has 7 nitrogen and oxygen atoms in total. The lowest BCUT2D eigenvalue weighted by Crippen LogP contribution is -2.24. The van der Waals surface area contributed by atoms with Gasteiger partial charge in [-0.05, 0) is 19.2 Å². The van der Waals surface area contributed by atoms with Crippen LogP contribution in [0.3, 0.4) is 0 Å². The minimum absolute atomic E-state index is 0.0534. The van der Waals surface area contributed by atoms with Crippen molar-refractivity contribution in [3.8, 4) is 0 Å². The topological polar surface area (TPSA) is 97.1 Å². The van der Waals surface area contributed by atoms with Crippen LogP contribution in [0.4, 0.5) is 0 Å². The van der Waals surface area contributed by atoms with Crippen LogP contribution < -0.4 is 10.0 Å². The van der Waals surface area contributed by atoms with Gasteiger partial charge in [0.05, 0.1) is 11.6 Å². The number of sulfonamides is 1. The lowest BCUT2D eigenvalue weighted by Gasteiger charge is -2.12. The second-order valence-corrected chi connectivity index (χ2v) is 6.56. The summed E-state index contributed by atoms with van der Waals surface area (Å²) in [6, 6.07) is 2.84. The Labute approximate surface area is 131 Å². The lowest BCUT2D eigenvalue weighted by molar-refractivity contribution is 0.409. The molecular weight excluding hydrogens is 339 g/mol. The van der Waals surface area contributed by atoms with Crippen molar-refractivity contribution in [1.29, 1.82) is 0 Å². The van der Waals surface area contributed by atoms with Crippen LogP contribution in [0, 0.1) is 0 Å². The smallest absolute Gasteiger partial charge is 0.242 e. The average Bonchev–Trinajstić information content (AvgIpc) is 2.94. The molecule has 0 amide bonds. The zero-order valence-electron chi connectivity index (χ0n) is 10.9. The Hall–Kier alpha value is -1.19. The first kappa shape index (κ1) is 16.2. The van der Waals surface area contributed by atoms with Crippen LogP contribution in [0.25, 0.3) is 0 Å². The summed E-state index contributed by atoms with van der Waals surface area (Å²) < 4.78 is 31.4. The third-order valence-corrected chi connectivity index (χ3v) is 4.96. The average molecular weight is 351 g/mol. The highest BCUT2D eigenvalue weighted by atomic mass is 35.5. The van der Waals surface area contributed by atoms with Crippen molar-refractivity contribution in [2.24, 2.45) is 0 Å². The molecule has 0 saturated carbocycles. The third-order valence-electron chi connectivity index (χ3n) is 2.62. The number of benzene rings is 1.